The molecule has 1 aromatic rings. The summed E-state index contributed by atoms with van der Waals surface area (Å²) >= 11 is 0. The Morgan fingerprint density at radius 2 is 1.81 bits per heavy atom. The van der Waals surface area contributed by atoms with Crippen molar-refractivity contribution in [3.8, 4) is 0 Å². The van der Waals surface area contributed by atoms with Gasteiger partial charge in [-0.25, -0.2) is 0 Å². The first-order valence-corrected chi connectivity index (χ1v) is 7.67. The van der Waals surface area contributed by atoms with Crippen molar-refractivity contribution < 1.29 is 9.59 Å². The van der Waals surface area contributed by atoms with Gasteiger partial charge in [0, 0.05) is 18.7 Å². The third-order valence-corrected chi connectivity index (χ3v) is 4.24. The summed E-state index contributed by atoms with van der Waals surface area (Å²) in [6, 6.07) is 7.11. The minimum Gasteiger partial charge on any atom is -0.339 e. The van der Waals surface area contributed by atoms with E-state index in [1.807, 2.05) is 18.0 Å². The minimum absolute atomic E-state index is 0.00661. The molecule has 1 aliphatic rings. The number of carbonyl (C=O) groups is 2. The number of nitrogens with one attached hydrogen (secondary N) is 1. The average molecular weight is 288 g/mol. The van der Waals surface area contributed by atoms with Crippen LogP contribution < -0.4 is 5.32 Å². The molecular formula is C17H24N2O2. The monoisotopic (exact) mass is 288 g/mol. The first-order valence-electron chi connectivity index (χ1n) is 7.67. The molecule has 1 aromatic carbocycles. The molecule has 1 fully saturated rings. The number of hydrogen-bond acceptors (Lipinski definition) is 3. The summed E-state index contributed by atoms with van der Waals surface area (Å²) in [5.74, 6) is 0.639. The Hall–Kier alpha value is -1.68. The van der Waals surface area contributed by atoms with Gasteiger partial charge >= 0.3 is 0 Å². The van der Waals surface area contributed by atoms with Crippen molar-refractivity contribution in [2.75, 3.05) is 26.7 Å². The number of likely N-dealkylation sites (tertiary alicyclic amines) is 1. The van der Waals surface area contributed by atoms with Crippen LogP contribution in [0.15, 0.2) is 24.3 Å². The van der Waals surface area contributed by atoms with Crippen molar-refractivity contribution in [1.29, 1.82) is 0 Å². The number of Topliss-reactive ketones (excluding diaryl/α,β-unsaturated/α-hetero) is 1. The summed E-state index contributed by atoms with van der Waals surface area (Å²) in [4.78, 5) is 26.1. The standard InChI is InChI=1S/C17H24N2O2/c1-13(20)15-5-3-4-6-16(15)17(21)19-11-8-14(9-12-19)7-10-18-2/h3-6,14,18H,7-12H2,1-2H3. The van der Waals surface area contributed by atoms with Crippen LogP contribution in [0.4, 0.5) is 0 Å². The van der Waals surface area contributed by atoms with Crippen LogP contribution in [0.1, 0.15) is 46.9 Å². The van der Waals surface area contributed by atoms with E-state index in [2.05, 4.69) is 5.32 Å². The molecule has 1 saturated heterocycles. The van der Waals surface area contributed by atoms with E-state index >= 15 is 0 Å². The average Bonchev–Trinajstić information content (AvgIpc) is 2.52. The zero-order valence-corrected chi connectivity index (χ0v) is 12.9. The zero-order chi connectivity index (χ0) is 15.2. The van der Waals surface area contributed by atoms with E-state index in [-0.39, 0.29) is 11.7 Å². The molecule has 0 radical (unpaired) electrons. The lowest BCUT2D eigenvalue weighted by molar-refractivity contribution is 0.0683. The van der Waals surface area contributed by atoms with Crippen LogP contribution in [0, 0.1) is 5.92 Å². The molecule has 21 heavy (non-hydrogen) atoms. The summed E-state index contributed by atoms with van der Waals surface area (Å²) < 4.78 is 0. The maximum atomic E-state index is 12.6. The highest BCUT2D eigenvalue weighted by Crippen LogP contribution is 2.22. The maximum absolute atomic E-state index is 12.6. The lowest BCUT2D eigenvalue weighted by atomic mass is 9.92. The Bertz CT molecular complexity index is 505. The van der Waals surface area contributed by atoms with Crippen LogP contribution in [0.5, 0.6) is 0 Å². The smallest absolute Gasteiger partial charge is 0.254 e. The highest BCUT2D eigenvalue weighted by Gasteiger charge is 2.25. The van der Waals surface area contributed by atoms with Crippen molar-refractivity contribution in [2.24, 2.45) is 5.92 Å². The highest BCUT2D eigenvalue weighted by atomic mass is 16.2. The number of hydrogen-bond donors (Lipinski definition) is 1. The number of nitrogens with zero attached hydrogens (tertiary/aromatic N) is 1. The van der Waals surface area contributed by atoms with Crippen molar-refractivity contribution in [2.45, 2.75) is 26.2 Å². The number of rotatable bonds is 5. The van der Waals surface area contributed by atoms with Gasteiger partial charge in [0.25, 0.3) is 5.91 Å². The van der Waals surface area contributed by atoms with E-state index in [9.17, 15) is 9.59 Å². The predicted octanol–water partition coefficient (Wildman–Crippen LogP) is 2.35. The molecule has 0 atom stereocenters. The van der Waals surface area contributed by atoms with Crippen LogP contribution in [0.25, 0.3) is 0 Å². The molecule has 0 aromatic heterocycles. The van der Waals surface area contributed by atoms with Gasteiger partial charge in [0.05, 0.1) is 5.56 Å². The Balaban J connectivity index is 2.01. The maximum Gasteiger partial charge on any atom is 0.254 e. The molecule has 114 valence electrons. The van der Waals surface area contributed by atoms with E-state index in [1.165, 1.54) is 13.3 Å². The van der Waals surface area contributed by atoms with E-state index in [0.29, 0.717) is 17.0 Å². The van der Waals surface area contributed by atoms with E-state index in [1.54, 1.807) is 18.2 Å². The molecule has 4 heteroatoms. The van der Waals surface area contributed by atoms with Crippen LogP contribution in [0.3, 0.4) is 0 Å². The van der Waals surface area contributed by atoms with E-state index in [4.69, 9.17) is 0 Å². The minimum atomic E-state index is -0.0529. The summed E-state index contributed by atoms with van der Waals surface area (Å²) in [6.45, 7) is 4.13. The van der Waals surface area contributed by atoms with Crippen LogP contribution in [-0.4, -0.2) is 43.3 Å². The van der Waals surface area contributed by atoms with Gasteiger partial charge in [0.15, 0.2) is 5.78 Å². The number of carbonyl (C=O) groups excluding carboxylic acids is 2. The Kier molecular flexibility index (Phi) is 5.51. The Morgan fingerprint density at radius 1 is 1.19 bits per heavy atom. The number of benzene rings is 1. The van der Waals surface area contributed by atoms with Crippen LogP contribution in [0.2, 0.25) is 0 Å². The molecule has 1 amide bonds. The second-order valence-electron chi connectivity index (χ2n) is 5.73. The fraction of sp³-hybridized carbons (Fsp3) is 0.529. The molecule has 4 nitrogen and oxygen atoms in total. The third kappa shape index (κ3) is 3.91. The lowest BCUT2D eigenvalue weighted by Gasteiger charge is -2.32. The topological polar surface area (TPSA) is 49.4 Å². The number of amides is 1. The van der Waals surface area contributed by atoms with Gasteiger partial charge < -0.3 is 10.2 Å². The van der Waals surface area contributed by atoms with E-state index in [0.717, 1.165) is 32.5 Å². The molecule has 0 unspecified atom stereocenters. The first-order chi connectivity index (χ1) is 10.1. The molecule has 1 N–H and O–H groups in total. The number of piperidine rings is 1. The van der Waals surface area contributed by atoms with Gasteiger partial charge in [-0.15, -0.1) is 0 Å². The second kappa shape index (κ2) is 7.36. The van der Waals surface area contributed by atoms with Crippen LogP contribution in [-0.2, 0) is 0 Å². The Labute approximate surface area is 126 Å². The summed E-state index contributed by atoms with van der Waals surface area (Å²) in [5.41, 5.74) is 1.07. The fourth-order valence-corrected chi connectivity index (χ4v) is 2.92. The molecule has 1 aliphatic heterocycles. The van der Waals surface area contributed by atoms with Crippen LogP contribution >= 0.6 is 0 Å². The largest absolute Gasteiger partial charge is 0.339 e. The first kappa shape index (κ1) is 15.7. The van der Waals surface area contributed by atoms with Crippen molar-refractivity contribution in [3.63, 3.8) is 0 Å². The van der Waals surface area contributed by atoms with Gasteiger partial charge in [0.2, 0.25) is 0 Å². The molecule has 0 saturated carbocycles. The molecule has 1 heterocycles. The second-order valence-corrected chi connectivity index (χ2v) is 5.73. The Morgan fingerprint density at radius 3 is 2.38 bits per heavy atom. The lowest BCUT2D eigenvalue weighted by Crippen LogP contribution is -2.39. The molecule has 0 spiro atoms. The highest BCUT2D eigenvalue weighted by molar-refractivity contribution is 6.07. The molecule has 2 rings (SSSR count). The molecular weight excluding hydrogens is 264 g/mol. The summed E-state index contributed by atoms with van der Waals surface area (Å²) in [7, 11) is 1.97. The number of ketones is 1. The summed E-state index contributed by atoms with van der Waals surface area (Å²) in [6.07, 6.45) is 3.27. The fourth-order valence-electron chi connectivity index (χ4n) is 2.92. The van der Waals surface area contributed by atoms with Gasteiger partial charge in [0.1, 0.15) is 0 Å². The third-order valence-electron chi connectivity index (χ3n) is 4.24. The predicted molar refractivity (Wildman–Crippen MR) is 83.6 cm³/mol. The molecule has 0 bridgehead atoms. The quantitative estimate of drug-likeness (QED) is 0.846. The van der Waals surface area contributed by atoms with Gasteiger partial charge in [-0.2, -0.15) is 0 Å². The van der Waals surface area contributed by atoms with Crippen molar-refractivity contribution in [3.05, 3.63) is 35.4 Å². The zero-order valence-electron chi connectivity index (χ0n) is 12.9. The van der Waals surface area contributed by atoms with Crippen molar-refractivity contribution in [1.82, 2.24) is 10.2 Å². The summed E-state index contributed by atoms with van der Waals surface area (Å²) in [5, 5.41) is 3.18. The van der Waals surface area contributed by atoms with Gasteiger partial charge in [-0.05, 0) is 51.8 Å². The van der Waals surface area contributed by atoms with Crippen molar-refractivity contribution >= 4 is 11.7 Å². The van der Waals surface area contributed by atoms with E-state index < -0.39 is 0 Å². The van der Waals surface area contributed by atoms with Gasteiger partial charge in [-0.3, -0.25) is 9.59 Å². The molecule has 0 aliphatic carbocycles. The van der Waals surface area contributed by atoms with Gasteiger partial charge in [-0.1, -0.05) is 18.2 Å². The normalized spacial score (nSPS) is 16.0. The SMILES string of the molecule is CNCCC1CCN(C(=O)c2ccccc2C(C)=O)CC1.